The number of hydrogen-bond acceptors (Lipinski definition) is 4. The van der Waals surface area contributed by atoms with Crippen molar-refractivity contribution < 1.29 is 9.53 Å². The van der Waals surface area contributed by atoms with E-state index in [0.29, 0.717) is 18.9 Å². The van der Waals surface area contributed by atoms with E-state index in [4.69, 9.17) is 4.74 Å². The van der Waals surface area contributed by atoms with Gasteiger partial charge in [-0.15, -0.1) is 6.58 Å². The van der Waals surface area contributed by atoms with Gasteiger partial charge in [-0.25, -0.2) is 9.67 Å². The minimum atomic E-state index is -0.766. The molecule has 1 heterocycles. The molecule has 1 atom stereocenters. The van der Waals surface area contributed by atoms with Crippen LogP contribution in [0.15, 0.2) is 19.0 Å². The Morgan fingerprint density at radius 1 is 1.63 bits per heavy atom. The molecule has 19 heavy (non-hydrogen) atoms. The van der Waals surface area contributed by atoms with Crippen molar-refractivity contribution >= 4 is 5.97 Å². The maximum atomic E-state index is 12.0. The number of aromatic nitrogens is 3. The fraction of sp³-hybridized carbons (Fsp3) is 0.643. The summed E-state index contributed by atoms with van der Waals surface area (Å²) >= 11 is 0. The van der Waals surface area contributed by atoms with Crippen LogP contribution < -0.4 is 0 Å². The van der Waals surface area contributed by atoms with Crippen LogP contribution in [0.3, 0.4) is 0 Å². The molecule has 1 rings (SSSR count). The molecule has 0 aliphatic rings. The number of carbonyl (C=O) groups is 1. The van der Waals surface area contributed by atoms with Gasteiger partial charge in [0.2, 0.25) is 0 Å². The average Bonchev–Trinajstić information content (AvgIpc) is 2.75. The first-order chi connectivity index (χ1) is 8.92. The van der Waals surface area contributed by atoms with Crippen molar-refractivity contribution in [3.63, 3.8) is 0 Å². The van der Waals surface area contributed by atoms with E-state index in [9.17, 15) is 4.79 Å². The summed E-state index contributed by atoms with van der Waals surface area (Å²) in [5.74, 6) is 0.978. The van der Waals surface area contributed by atoms with Gasteiger partial charge < -0.3 is 4.74 Å². The Labute approximate surface area is 114 Å². The van der Waals surface area contributed by atoms with E-state index in [2.05, 4.69) is 30.5 Å². The standard InChI is InChI=1S/C14H23N3O2/c1-6-14(5,13(18)19-7-2)8-12-15-10-16-17(12)9-11(3)4/h6,10-11H,1,7-9H2,2-5H3. The van der Waals surface area contributed by atoms with Crippen molar-refractivity contribution in [3.05, 3.63) is 24.8 Å². The molecule has 5 nitrogen and oxygen atoms in total. The molecular weight excluding hydrogens is 242 g/mol. The Bertz CT molecular complexity index is 440. The summed E-state index contributed by atoms with van der Waals surface area (Å²) in [6.45, 7) is 12.7. The van der Waals surface area contributed by atoms with Crippen molar-refractivity contribution in [1.82, 2.24) is 14.8 Å². The highest BCUT2D eigenvalue weighted by atomic mass is 16.5. The number of nitrogens with zero attached hydrogens (tertiary/aromatic N) is 3. The van der Waals surface area contributed by atoms with Crippen LogP contribution in [0.25, 0.3) is 0 Å². The van der Waals surface area contributed by atoms with Gasteiger partial charge in [0.05, 0.1) is 12.0 Å². The van der Waals surface area contributed by atoms with E-state index in [1.807, 2.05) is 11.6 Å². The summed E-state index contributed by atoms with van der Waals surface area (Å²) in [6.07, 6.45) is 3.59. The molecule has 0 aliphatic carbocycles. The molecule has 0 bridgehead atoms. The summed E-state index contributed by atoms with van der Waals surface area (Å²) < 4.78 is 6.94. The zero-order valence-corrected chi connectivity index (χ0v) is 12.2. The Kier molecular flexibility index (Phi) is 5.27. The van der Waals surface area contributed by atoms with Gasteiger partial charge in [-0.3, -0.25) is 4.79 Å². The SMILES string of the molecule is C=CC(C)(Cc1ncnn1CC(C)C)C(=O)OCC. The second kappa shape index (κ2) is 6.50. The molecular formula is C14H23N3O2. The van der Waals surface area contributed by atoms with Gasteiger partial charge in [0, 0.05) is 13.0 Å². The number of rotatable bonds is 7. The Morgan fingerprint density at radius 3 is 2.84 bits per heavy atom. The molecule has 106 valence electrons. The second-order valence-corrected chi connectivity index (χ2v) is 5.27. The number of hydrogen-bond donors (Lipinski definition) is 0. The first-order valence-electron chi connectivity index (χ1n) is 6.60. The van der Waals surface area contributed by atoms with Crippen LogP contribution in [0.4, 0.5) is 0 Å². The Morgan fingerprint density at radius 2 is 2.32 bits per heavy atom. The number of carbonyl (C=O) groups excluding carboxylic acids is 1. The normalized spacial score (nSPS) is 14.2. The highest BCUT2D eigenvalue weighted by Crippen LogP contribution is 2.25. The van der Waals surface area contributed by atoms with Crippen LogP contribution >= 0.6 is 0 Å². The Hall–Kier alpha value is -1.65. The van der Waals surface area contributed by atoms with E-state index in [-0.39, 0.29) is 5.97 Å². The highest BCUT2D eigenvalue weighted by Gasteiger charge is 2.33. The molecule has 1 aromatic rings. The van der Waals surface area contributed by atoms with Gasteiger partial charge in [0.1, 0.15) is 12.2 Å². The molecule has 1 aromatic heterocycles. The molecule has 0 N–H and O–H groups in total. The van der Waals surface area contributed by atoms with Crippen molar-refractivity contribution in [2.24, 2.45) is 11.3 Å². The van der Waals surface area contributed by atoms with Gasteiger partial charge in [-0.2, -0.15) is 5.10 Å². The number of ether oxygens (including phenoxy) is 1. The molecule has 0 saturated heterocycles. The maximum Gasteiger partial charge on any atom is 0.316 e. The minimum absolute atomic E-state index is 0.274. The first-order valence-corrected chi connectivity index (χ1v) is 6.60. The van der Waals surface area contributed by atoms with Crippen LogP contribution in [0, 0.1) is 11.3 Å². The van der Waals surface area contributed by atoms with E-state index < -0.39 is 5.41 Å². The zero-order chi connectivity index (χ0) is 14.5. The van der Waals surface area contributed by atoms with E-state index >= 15 is 0 Å². The lowest BCUT2D eigenvalue weighted by Gasteiger charge is -2.23. The zero-order valence-electron chi connectivity index (χ0n) is 12.2. The molecule has 0 saturated carbocycles. The monoisotopic (exact) mass is 265 g/mol. The van der Waals surface area contributed by atoms with Gasteiger partial charge in [-0.1, -0.05) is 19.9 Å². The van der Waals surface area contributed by atoms with Crippen LogP contribution in [-0.4, -0.2) is 27.3 Å². The lowest BCUT2D eigenvalue weighted by molar-refractivity contribution is -0.151. The lowest BCUT2D eigenvalue weighted by Crippen LogP contribution is -2.31. The summed E-state index contributed by atoms with van der Waals surface area (Å²) in [7, 11) is 0. The van der Waals surface area contributed by atoms with Crippen LogP contribution in [0.5, 0.6) is 0 Å². The summed E-state index contributed by atoms with van der Waals surface area (Å²) in [6, 6.07) is 0. The molecule has 0 spiro atoms. The molecule has 0 amide bonds. The van der Waals surface area contributed by atoms with Crippen molar-refractivity contribution in [3.8, 4) is 0 Å². The van der Waals surface area contributed by atoms with Crippen LogP contribution in [0.1, 0.15) is 33.5 Å². The van der Waals surface area contributed by atoms with Crippen molar-refractivity contribution in [2.75, 3.05) is 6.61 Å². The lowest BCUT2D eigenvalue weighted by atomic mass is 9.86. The predicted molar refractivity (Wildman–Crippen MR) is 73.5 cm³/mol. The molecule has 5 heteroatoms. The van der Waals surface area contributed by atoms with Gasteiger partial charge >= 0.3 is 5.97 Å². The molecule has 0 radical (unpaired) electrons. The maximum absolute atomic E-state index is 12.0. The van der Waals surface area contributed by atoms with E-state index in [1.165, 1.54) is 6.33 Å². The average molecular weight is 265 g/mol. The molecule has 1 unspecified atom stereocenters. The Balaban J connectivity index is 2.89. The third-order valence-corrected chi connectivity index (χ3v) is 2.95. The molecule has 0 fully saturated rings. The summed E-state index contributed by atoms with van der Waals surface area (Å²) in [5.41, 5.74) is -0.766. The van der Waals surface area contributed by atoms with Gasteiger partial charge in [0.25, 0.3) is 0 Å². The van der Waals surface area contributed by atoms with Crippen molar-refractivity contribution in [2.45, 2.75) is 40.7 Å². The van der Waals surface area contributed by atoms with E-state index in [0.717, 1.165) is 12.4 Å². The van der Waals surface area contributed by atoms with Crippen molar-refractivity contribution in [1.29, 1.82) is 0 Å². The second-order valence-electron chi connectivity index (χ2n) is 5.27. The van der Waals surface area contributed by atoms with Gasteiger partial charge in [-0.05, 0) is 19.8 Å². The largest absolute Gasteiger partial charge is 0.465 e. The summed E-state index contributed by atoms with van der Waals surface area (Å²) in [5, 5.41) is 4.20. The smallest absolute Gasteiger partial charge is 0.316 e. The third kappa shape index (κ3) is 3.91. The third-order valence-electron chi connectivity index (χ3n) is 2.95. The molecule has 0 aliphatic heterocycles. The fourth-order valence-electron chi connectivity index (χ4n) is 1.78. The topological polar surface area (TPSA) is 57.0 Å². The van der Waals surface area contributed by atoms with Crippen LogP contribution in [0.2, 0.25) is 0 Å². The first kappa shape index (κ1) is 15.4. The predicted octanol–water partition coefficient (Wildman–Crippen LogP) is 2.23. The van der Waals surface area contributed by atoms with Gasteiger partial charge in [0.15, 0.2) is 0 Å². The number of esters is 1. The van der Waals surface area contributed by atoms with Crippen LogP contribution in [-0.2, 0) is 22.5 Å². The summed E-state index contributed by atoms with van der Waals surface area (Å²) in [4.78, 5) is 16.2. The quantitative estimate of drug-likeness (QED) is 0.560. The fourth-order valence-corrected chi connectivity index (χ4v) is 1.78. The minimum Gasteiger partial charge on any atom is -0.465 e. The highest BCUT2D eigenvalue weighted by molar-refractivity contribution is 5.78. The van der Waals surface area contributed by atoms with E-state index in [1.54, 1.807) is 13.0 Å². The molecule has 0 aromatic carbocycles.